The fourth-order valence-electron chi connectivity index (χ4n) is 5.25. The Labute approximate surface area is 373 Å². The zero-order valence-corrected chi connectivity index (χ0v) is 39.7. The van der Waals surface area contributed by atoms with Crippen molar-refractivity contribution >= 4 is 13.8 Å². The van der Waals surface area contributed by atoms with E-state index < -0.39 is 19.9 Å². The molecule has 0 saturated heterocycles. The van der Waals surface area contributed by atoms with E-state index in [1.165, 1.54) is 0 Å². The summed E-state index contributed by atoms with van der Waals surface area (Å²) in [5.41, 5.74) is 0. The summed E-state index contributed by atoms with van der Waals surface area (Å²) >= 11 is 0. The van der Waals surface area contributed by atoms with Crippen molar-refractivity contribution in [2.75, 3.05) is 54.1 Å². The molecule has 0 aliphatic carbocycles. The molecule has 344 valence electrons. The molecule has 0 spiro atoms. The van der Waals surface area contributed by atoms with Crippen LogP contribution < -0.4 is 0 Å². The van der Waals surface area contributed by atoms with Crippen LogP contribution in [0, 0.1) is 0 Å². The number of nitrogens with zero attached hydrogens (tertiary/aromatic N) is 1. The number of phosphoric acid groups is 1. The highest BCUT2D eigenvalue weighted by Crippen LogP contribution is 2.43. The first-order valence-corrected chi connectivity index (χ1v) is 24.4. The predicted molar refractivity (Wildman–Crippen MR) is 260 cm³/mol. The maximum Gasteiger partial charge on any atom is 0.472 e. The number of hydrogen-bond donors (Lipinski definition) is 1. The maximum atomic E-state index is 12.7. The van der Waals surface area contributed by atoms with Crippen molar-refractivity contribution in [1.82, 2.24) is 0 Å². The van der Waals surface area contributed by atoms with Gasteiger partial charge in [-0.1, -0.05) is 160 Å². The minimum absolute atomic E-state index is 0.0608. The third-order valence-electron chi connectivity index (χ3n) is 8.72. The minimum atomic E-state index is -4.32. The third kappa shape index (κ3) is 47.5. The first kappa shape index (κ1) is 57.6. The minimum Gasteiger partial charge on any atom is -0.457 e. The van der Waals surface area contributed by atoms with Crippen molar-refractivity contribution in [2.45, 2.75) is 136 Å². The van der Waals surface area contributed by atoms with Gasteiger partial charge in [-0.2, -0.15) is 0 Å². The molecule has 0 rings (SSSR count). The standard InChI is InChI=1S/C52H84NO7P/c1-6-8-10-12-14-16-18-20-22-24-26-28-30-32-34-36-38-40-42-44-47-57-49-51(50-59-61(55,56)58-48-46-53(3,4)5)60-52(54)45-43-41-39-37-35-33-31-29-27-25-23-21-19-17-15-13-11-9-7-2/h8-11,14-17,20-23,26-29,32-35,39,41,51H,6-7,12-13,18-19,24-25,30-31,36-38,40,42-50H2,1-5H3/p+1/b10-8-,11-9-,16-14-,17-15-,22-20-,23-21-,28-26-,29-27-,34-32-,35-33-,41-39-. The average Bonchev–Trinajstić information content (AvgIpc) is 3.22. The van der Waals surface area contributed by atoms with E-state index in [1.807, 2.05) is 33.3 Å². The van der Waals surface area contributed by atoms with E-state index in [2.05, 4.69) is 135 Å². The molecular weight excluding hydrogens is 782 g/mol. The zero-order chi connectivity index (χ0) is 44.8. The Morgan fingerprint density at radius 1 is 0.508 bits per heavy atom. The van der Waals surface area contributed by atoms with E-state index in [-0.39, 0.29) is 26.2 Å². The van der Waals surface area contributed by atoms with Crippen LogP contribution in [0.25, 0.3) is 0 Å². The Balaban J connectivity index is 4.44. The quantitative estimate of drug-likeness (QED) is 0.0216. The van der Waals surface area contributed by atoms with Gasteiger partial charge in [0.15, 0.2) is 0 Å². The third-order valence-corrected chi connectivity index (χ3v) is 9.71. The van der Waals surface area contributed by atoms with Crippen molar-refractivity contribution < 1.29 is 37.3 Å². The van der Waals surface area contributed by atoms with Crippen LogP contribution in [0.4, 0.5) is 0 Å². The van der Waals surface area contributed by atoms with E-state index in [0.717, 1.165) is 103 Å². The molecular formula is C52H85NO7P+. The molecule has 0 heterocycles. The van der Waals surface area contributed by atoms with E-state index in [4.69, 9.17) is 18.5 Å². The zero-order valence-electron chi connectivity index (χ0n) is 38.8. The Hall–Kier alpha value is -3.36. The lowest BCUT2D eigenvalue weighted by molar-refractivity contribution is -0.870. The van der Waals surface area contributed by atoms with Gasteiger partial charge >= 0.3 is 13.8 Å². The molecule has 0 fully saturated rings. The number of hydrogen-bond acceptors (Lipinski definition) is 6. The van der Waals surface area contributed by atoms with Gasteiger partial charge in [-0.3, -0.25) is 13.8 Å². The number of likely N-dealkylation sites (N-methyl/N-ethyl adjacent to an activating group) is 1. The maximum absolute atomic E-state index is 12.7. The molecule has 0 aromatic carbocycles. The van der Waals surface area contributed by atoms with Gasteiger partial charge in [0, 0.05) is 13.0 Å². The van der Waals surface area contributed by atoms with Crippen molar-refractivity contribution in [2.24, 2.45) is 0 Å². The second-order valence-electron chi connectivity index (χ2n) is 15.7. The predicted octanol–water partition coefficient (Wildman–Crippen LogP) is 13.9. The highest BCUT2D eigenvalue weighted by Gasteiger charge is 2.26. The lowest BCUT2D eigenvalue weighted by Crippen LogP contribution is -2.37. The Bertz CT molecular complexity index is 1420. The summed E-state index contributed by atoms with van der Waals surface area (Å²) in [7, 11) is 1.58. The van der Waals surface area contributed by atoms with E-state index in [1.54, 1.807) is 0 Å². The van der Waals surface area contributed by atoms with Gasteiger partial charge < -0.3 is 18.9 Å². The molecule has 0 aromatic rings. The normalized spacial score (nSPS) is 14.9. The number of quaternary nitrogens is 1. The second-order valence-corrected chi connectivity index (χ2v) is 17.1. The molecule has 0 aromatic heterocycles. The lowest BCUT2D eigenvalue weighted by atomic mass is 10.1. The van der Waals surface area contributed by atoms with Crippen LogP contribution in [0.15, 0.2) is 134 Å². The smallest absolute Gasteiger partial charge is 0.457 e. The summed E-state index contributed by atoms with van der Waals surface area (Å²) in [5.74, 6) is -0.412. The highest BCUT2D eigenvalue weighted by atomic mass is 31.2. The largest absolute Gasteiger partial charge is 0.472 e. The number of carbonyl (C=O) groups excluding carboxylic acids is 1. The van der Waals surface area contributed by atoms with Crippen LogP contribution in [-0.2, 0) is 27.9 Å². The summed E-state index contributed by atoms with van der Waals surface area (Å²) in [5, 5.41) is 0. The van der Waals surface area contributed by atoms with Crippen LogP contribution in [0.5, 0.6) is 0 Å². The van der Waals surface area contributed by atoms with E-state index in [9.17, 15) is 14.3 Å². The van der Waals surface area contributed by atoms with Crippen molar-refractivity contribution in [3.05, 3.63) is 134 Å². The van der Waals surface area contributed by atoms with E-state index >= 15 is 0 Å². The molecule has 2 atom stereocenters. The van der Waals surface area contributed by atoms with Crippen molar-refractivity contribution in [3.8, 4) is 0 Å². The number of unbranched alkanes of at least 4 members (excludes halogenated alkanes) is 4. The van der Waals surface area contributed by atoms with Crippen LogP contribution >= 0.6 is 7.82 Å². The number of carbonyl (C=O) groups is 1. The molecule has 0 amide bonds. The van der Waals surface area contributed by atoms with Gasteiger partial charge in [-0.15, -0.1) is 0 Å². The van der Waals surface area contributed by atoms with E-state index in [0.29, 0.717) is 24.1 Å². The van der Waals surface area contributed by atoms with Crippen molar-refractivity contribution in [1.29, 1.82) is 0 Å². The molecule has 0 bridgehead atoms. The Morgan fingerprint density at radius 3 is 1.33 bits per heavy atom. The lowest BCUT2D eigenvalue weighted by Gasteiger charge is -2.24. The Kier molecular flexibility index (Phi) is 40.9. The Morgan fingerprint density at radius 2 is 0.902 bits per heavy atom. The van der Waals surface area contributed by atoms with Crippen LogP contribution in [0.3, 0.4) is 0 Å². The summed E-state index contributed by atoms with van der Waals surface area (Å²) in [6.07, 6.45) is 63.7. The summed E-state index contributed by atoms with van der Waals surface area (Å²) in [6, 6.07) is 0. The molecule has 9 heteroatoms. The van der Waals surface area contributed by atoms with Gasteiger partial charge in [-0.25, -0.2) is 4.57 Å². The number of rotatable bonds is 40. The van der Waals surface area contributed by atoms with Crippen LogP contribution in [0.1, 0.15) is 129 Å². The summed E-state index contributed by atoms with van der Waals surface area (Å²) < 4.78 is 34.9. The summed E-state index contributed by atoms with van der Waals surface area (Å²) in [6.45, 7) is 5.18. The molecule has 1 N–H and O–H groups in total. The molecule has 0 aliphatic heterocycles. The average molecular weight is 867 g/mol. The van der Waals surface area contributed by atoms with Gasteiger partial charge in [0.2, 0.25) is 0 Å². The fourth-order valence-corrected chi connectivity index (χ4v) is 5.99. The SMILES string of the molecule is CC/C=C\C/C=C\C/C=C\C/C=C\C/C=C\C/C=C\CCC(=O)OC(COCCCCCC/C=C\C/C=C\C/C=C\C/C=C\C/C=C\CC)COP(=O)(O)OCC[N+](C)(C)C. The first-order valence-electron chi connectivity index (χ1n) is 22.9. The van der Waals surface area contributed by atoms with Gasteiger partial charge in [0.25, 0.3) is 0 Å². The first-order chi connectivity index (χ1) is 29.6. The van der Waals surface area contributed by atoms with Gasteiger partial charge in [0.1, 0.15) is 19.3 Å². The van der Waals surface area contributed by atoms with Crippen LogP contribution in [0.2, 0.25) is 0 Å². The van der Waals surface area contributed by atoms with Crippen molar-refractivity contribution in [3.63, 3.8) is 0 Å². The molecule has 2 unspecified atom stereocenters. The number of esters is 1. The molecule has 61 heavy (non-hydrogen) atoms. The number of phosphoric ester groups is 1. The second kappa shape index (κ2) is 43.3. The monoisotopic (exact) mass is 867 g/mol. The summed E-state index contributed by atoms with van der Waals surface area (Å²) in [4.78, 5) is 22.9. The number of allylic oxidation sites excluding steroid dienone is 22. The van der Waals surface area contributed by atoms with Gasteiger partial charge in [-0.05, 0) is 96.3 Å². The van der Waals surface area contributed by atoms with Gasteiger partial charge in [0.05, 0.1) is 34.4 Å². The topological polar surface area (TPSA) is 91.3 Å². The highest BCUT2D eigenvalue weighted by molar-refractivity contribution is 7.47. The molecule has 0 aliphatic rings. The molecule has 8 nitrogen and oxygen atoms in total. The van der Waals surface area contributed by atoms with Crippen LogP contribution in [-0.4, -0.2) is 75.6 Å². The molecule has 0 radical (unpaired) electrons. The molecule has 0 saturated carbocycles. The number of ether oxygens (including phenoxy) is 2. The fraction of sp³-hybridized carbons (Fsp3) is 0.558.